The zero-order chi connectivity index (χ0) is 13.0. The second kappa shape index (κ2) is 5.31. The summed E-state index contributed by atoms with van der Waals surface area (Å²) >= 11 is 0. The molecule has 0 aliphatic heterocycles. The molecule has 0 aliphatic rings. The van der Waals surface area contributed by atoms with Gasteiger partial charge < -0.3 is 9.72 Å². The molecule has 18 heavy (non-hydrogen) atoms. The first-order chi connectivity index (χ1) is 8.70. The van der Waals surface area contributed by atoms with Gasteiger partial charge in [0, 0.05) is 18.0 Å². The third kappa shape index (κ3) is 2.66. The zero-order valence-corrected chi connectivity index (χ0v) is 9.97. The van der Waals surface area contributed by atoms with Crippen molar-refractivity contribution in [2.24, 2.45) is 0 Å². The summed E-state index contributed by atoms with van der Waals surface area (Å²) < 4.78 is 5.14. The number of hydrogen-bond donors (Lipinski definition) is 1. The highest BCUT2D eigenvalue weighted by Gasteiger charge is 2.07. The van der Waals surface area contributed by atoms with Crippen molar-refractivity contribution in [1.29, 1.82) is 0 Å². The van der Waals surface area contributed by atoms with Crippen LogP contribution in [0.1, 0.15) is 31.8 Å². The minimum absolute atomic E-state index is 0.158. The van der Waals surface area contributed by atoms with Crippen molar-refractivity contribution < 1.29 is 14.3 Å². The Morgan fingerprint density at radius 1 is 1.39 bits per heavy atom. The van der Waals surface area contributed by atoms with Crippen LogP contribution in [0, 0.1) is 6.92 Å². The van der Waals surface area contributed by atoms with E-state index in [1.807, 2.05) is 19.1 Å². The lowest BCUT2D eigenvalue weighted by Gasteiger charge is -2.05. The number of benzene rings is 1. The van der Waals surface area contributed by atoms with Crippen LogP contribution >= 0.6 is 0 Å². The van der Waals surface area contributed by atoms with Crippen LogP contribution in [0.2, 0.25) is 0 Å². The Morgan fingerprint density at radius 3 is 2.89 bits per heavy atom. The molecule has 0 atom stereocenters. The van der Waals surface area contributed by atoms with Crippen molar-refractivity contribution in [2.45, 2.75) is 13.5 Å². The Balaban J connectivity index is 2.02. The van der Waals surface area contributed by atoms with Gasteiger partial charge in [-0.05, 0) is 30.2 Å². The molecule has 4 nitrogen and oxygen atoms in total. The van der Waals surface area contributed by atoms with E-state index in [-0.39, 0.29) is 12.6 Å². The highest BCUT2D eigenvalue weighted by Crippen LogP contribution is 2.11. The highest BCUT2D eigenvalue weighted by atomic mass is 16.5. The van der Waals surface area contributed by atoms with E-state index in [0.29, 0.717) is 11.1 Å². The van der Waals surface area contributed by atoms with Crippen molar-refractivity contribution in [2.75, 3.05) is 0 Å². The van der Waals surface area contributed by atoms with Gasteiger partial charge in [-0.1, -0.05) is 12.1 Å². The van der Waals surface area contributed by atoms with Crippen LogP contribution in [0.5, 0.6) is 0 Å². The fourth-order valence-electron chi connectivity index (χ4n) is 1.59. The Labute approximate surface area is 105 Å². The molecule has 0 saturated heterocycles. The first kappa shape index (κ1) is 12.1. The van der Waals surface area contributed by atoms with Gasteiger partial charge in [0.1, 0.15) is 12.9 Å². The van der Waals surface area contributed by atoms with E-state index in [1.165, 1.54) is 0 Å². The number of H-pyrrole nitrogens is 1. The number of ether oxygens (including phenoxy) is 1. The van der Waals surface area contributed by atoms with Crippen molar-refractivity contribution >= 4 is 12.3 Å². The number of rotatable bonds is 4. The van der Waals surface area contributed by atoms with E-state index in [1.54, 1.807) is 24.5 Å². The Morgan fingerprint density at radius 2 is 2.22 bits per heavy atom. The minimum Gasteiger partial charge on any atom is -0.457 e. The van der Waals surface area contributed by atoms with Gasteiger partial charge in [-0.25, -0.2) is 4.79 Å². The van der Waals surface area contributed by atoms with Crippen molar-refractivity contribution in [1.82, 2.24) is 4.98 Å². The molecule has 1 aromatic heterocycles. The van der Waals surface area contributed by atoms with Gasteiger partial charge in [-0.3, -0.25) is 4.79 Å². The predicted octanol–water partition coefficient (Wildman–Crippen LogP) is 2.49. The molecule has 0 spiro atoms. The van der Waals surface area contributed by atoms with E-state index in [9.17, 15) is 9.59 Å². The standard InChI is InChI=1S/C14H13NO3/c1-10-2-3-11(6-13(10)8-16)9-18-14(17)12-4-5-15-7-12/h2-8,15H,9H2,1H3. The Bertz CT molecular complexity index is 558. The number of carbonyl (C=O) groups is 2. The first-order valence-electron chi connectivity index (χ1n) is 5.55. The molecule has 0 saturated carbocycles. The molecular weight excluding hydrogens is 230 g/mol. The molecule has 2 rings (SSSR count). The van der Waals surface area contributed by atoms with Crippen LogP contribution in [-0.2, 0) is 11.3 Å². The van der Waals surface area contributed by atoms with Gasteiger partial charge in [0.2, 0.25) is 0 Å². The average Bonchev–Trinajstić information content (AvgIpc) is 2.91. The number of hydrogen-bond acceptors (Lipinski definition) is 3. The van der Waals surface area contributed by atoms with Gasteiger partial charge >= 0.3 is 5.97 Å². The van der Waals surface area contributed by atoms with Crippen LogP contribution < -0.4 is 0 Å². The highest BCUT2D eigenvalue weighted by molar-refractivity contribution is 5.89. The number of aryl methyl sites for hydroxylation is 1. The third-order valence-corrected chi connectivity index (χ3v) is 2.67. The van der Waals surface area contributed by atoms with Gasteiger partial charge in [0.05, 0.1) is 5.56 Å². The average molecular weight is 243 g/mol. The normalized spacial score (nSPS) is 10.1. The lowest BCUT2D eigenvalue weighted by molar-refractivity contribution is 0.0473. The molecule has 0 unspecified atom stereocenters. The minimum atomic E-state index is -0.385. The summed E-state index contributed by atoms with van der Waals surface area (Å²) in [4.78, 5) is 25.2. The number of aromatic amines is 1. The third-order valence-electron chi connectivity index (χ3n) is 2.67. The molecule has 1 aromatic carbocycles. The zero-order valence-electron chi connectivity index (χ0n) is 9.97. The van der Waals surface area contributed by atoms with Crippen molar-refractivity contribution in [3.05, 3.63) is 58.9 Å². The summed E-state index contributed by atoms with van der Waals surface area (Å²) in [6.45, 7) is 2.02. The van der Waals surface area contributed by atoms with Crippen molar-refractivity contribution in [3.8, 4) is 0 Å². The summed E-state index contributed by atoms with van der Waals surface area (Å²) in [7, 11) is 0. The van der Waals surface area contributed by atoms with E-state index >= 15 is 0 Å². The molecule has 0 aliphatic carbocycles. The van der Waals surface area contributed by atoms with Crippen LogP contribution in [-0.4, -0.2) is 17.2 Å². The largest absolute Gasteiger partial charge is 0.457 e. The van der Waals surface area contributed by atoms with Crippen LogP contribution in [0.15, 0.2) is 36.7 Å². The molecule has 0 bridgehead atoms. The second-order valence-electron chi connectivity index (χ2n) is 3.98. The summed E-state index contributed by atoms with van der Waals surface area (Å²) in [5.41, 5.74) is 2.81. The quantitative estimate of drug-likeness (QED) is 0.663. The van der Waals surface area contributed by atoms with E-state index in [2.05, 4.69) is 4.98 Å². The van der Waals surface area contributed by atoms with E-state index in [0.717, 1.165) is 17.4 Å². The molecule has 1 heterocycles. The molecule has 2 aromatic rings. The topological polar surface area (TPSA) is 59.2 Å². The van der Waals surface area contributed by atoms with Crippen LogP contribution in [0.4, 0.5) is 0 Å². The molecular formula is C14H13NO3. The van der Waals surface area contributed by atoms with Gasteiger partial charge in [-0.15, -0.1) is 0 Å². The summed E-state index contributed by atoms with van der Waals surface area (Å²) in [6, 6.07) is 7.05. The maximum atomic E-state index is 11.6. The predicted molar refractivity (Wildman–Crippen MR) is 66.5 cm³/mol. The van der Waals surface area contributed by atoms with E-state index in [4.69, 9.17) is 4.74 Å². The lowest BCUT2D eigenvalue weighted by Crippen LogP contribution is -2.04. The number of esters is 1. The second-order valence-corrected chi connectivity index (χ2v) is 3.98. The summed E-state index contributed by atoms with van der Waals surface area (Å²) in [5.74, 6) is -0.385. The van der Waals surface area contributed by atoms with E-state index < -0.39 is 0 Å². The van der Waals surface area contributed by atoms with Gasteiger partial charge in [0.25, 0.3) is 0 Å². The summed E-state index contributed by atoms with van der Waals surface area (Å²) in [6.07, 6.45) is 4.04. The van der Waals surface area contributed by atoms with Gasteiger partial charge in [0.15, 0.2) is 0 Å². The van der Waals surface area contributed by atoms with Crippen LogP contribution in [0.25, 0.3) is 0 Å². The van der Waals surface area contributed by atoms with Crippen LogP contribution in [0.3, 0.4) is 0 Å². The Kier molecular flexibility index (Phi) is 3.57. The first-order valence-corrected chi connectivity index (χ1v) is 5.55. The molecule has 1 N–H and O–H groups in total. The summed E-state index contributed by atoms with van der Waals surface area (Å²) in [5, 5.41) is 0. The molecule has 0 radical (unpaired) electrons. The SMILES string of the molecule is Cc1ccc(COC(=O)c2cc[nH]c2)cc1C=O. The Hall–Kier alpha value is -2.36. The monoisotopic (exact) mass is 243 g/mol. The number of carbonyl (C=O) groups excluding carboxylic acids is 2. The maximum Gasteiger partial charge on any atom is 0.340 e. The number of nitrogens with one attached hydrogen (secondary N) is 1. The maximum absolute atomic E-state index is 11.6. The fraction of sp³-hybridized carbons (Fsp3) is 0.143. The molecule has 0 amide bonds. The molecule has 92 valence electrons. The lowest BCUT2D eigenvalue weighted by atomic mass is 10.1. The molecule has 0 fully saturated rings. The number of aldehydes is 1. The molecule has 4 heteroatoms. The van der Waals surface area contributed by atoms with Gasteiger partial charge in [-0.2, -0.15) is 0 Å². The van der Waals surface area contributed by atoms with Crippen molar-refractivity contribution in [3.63, 3.8) is 0 Å². The fourth-order valence-corrected chi connectivity index (χ4v) is 1.59. The smallest absolute Gasteiger partial charge is 0.340 e. The number of aromatic nitrogens is 1.